The second-order valence-electron chi connectivity index (χ2n) is 6.05. The molecule has 2 aromatic rings. The van der Waals surface area contributed by atoms with Crippen molar-refractivity contribution in [3.8, 4) is 28.7 Å². The predicted molar refractivity (Wildman–Crippen MR) is 107 cm³/mol. The molecule has 2 aliphatic rings. The summed E-state index contributed by atoms with van der Waals surface area (Å²) in [6, 6.07) is 11.0. The Morgan fingerprint density at radius 3 is 2.93 bits per heavy atom. The molecular formula is C19H15N5O3S. The van der Waals surface area contributed by atoms with E-state index in [-0.39, 0.29) is 23.6 Å². The Labute approximate surface area is 163 Å². The van der Waals surface area contributed by atoms with Gasteiger partial charge in [0, 0.05) is 17.5 Å². The van der Waals surface area contributed by atoms with Gasteiger partial charge in [-0.25, -0.2) is 4.98 Å². The monoisotopic (exact) mass is 393 g/mol. The summed E-state index contributed by atoms with van der Waals surface area (Å²) in [6.07, 6.45) is 0. The second-order valence-corrected chi connectivity index (χ2v) is 7.05. The van der Waals surface area contributed by atoms with E-state index in [1.165, 1.54) is 0 Å². The first kappa shape index (κ1) is 17.8. The molecule has 9 heteroatoms. The number of hydrogen-bond donors (Lipinski definition) is 4. The van der Waals surface area contributed by atoms with Gasteiger partial charge in [-0.1, -0.05) is 12.1 Å². The highest BCUT2D eigenvalue weighted by molar-refractivity contribution is 7.21. The van der Waals surface area contributed by atoms with Crippen LogP contribution in [-0.4, -0.2) is 29.1 Å². The molecule has 8 nitrogen and oxygen atoms in total. The van der Waals surface area contributed by atoms with E-state index in [4.69, 9.17) is 21.0 Å². The summed E-state index contributed by atoms with van der Waals surface area (Å²) in [6.45, 7) is 0.131. The molecule has 0 bridgehead atoms. The van der Waals surface area contributed by atoms with Gasteiger partial charge in [0.2, 0.25) is 0 Å². The fraction of sp³-hybridized carbons (Fsp3) is 0.105. The number of nitrogens with two attached hydrogens (primary N) is 2. The number of nitrogens with zero attached hydrogens (tertiary/aromatic N) is 2. The molecule has 28 heavy (non-hydrogen) atoms. The predicted octanol–water partition coefficient (Wildman–Crippen LogP) is 2.62. The number of anilines is 2. The second kappa shape index (κ2) is 6.84. The maximum atomic E-state index is 12.1. The average molecular weight is 393 g/mol. The third-order valence-corrected chi connectivity index (χ3v) is 5.37. The highest BCUT2D eigenvalue weighted by Gasteiger charge is 2.25. The van der Waals surface area contributed by atoms with Gasteiger partial charge in [-0.2, -0.15) is 5.26 Å². The number of amides is 1. The number of aromatic nitrogens is 1. The summed E-state index contributed by atoms with van der Waals surface area (Å²) in [7, 11) is 0. The summed E-state index contributed by atoms with van der Waals surface area (Å²) in [5, 5.41) is 22.0. The van der Waals surface area contributed by atoms with Crippen molar-refractivity contribution in [2.24, 2.45) is 5.73 Å². The van der Waals surface area contributed by atoms with Crippen LogP contribution in [0.25, 0.3) is 32.9 Å². The van der Waals surface area contributed by atoms with Crippen molar-refractivity contribution >= 4 is 39.0 Å². The Kier molecular flexibility index (Phi) is 4.35. The maximum absolute atomic E-state index is 12.1. The molecule has 1 aliphatic heterocycles. The summed E-state index contributed by atoms with van der Waals surface area (Å²) < 4.78 is 5.96. The molecule has 0 saturated heterocycles. The summed E-state index contributed by atoms with van der Waals surface area (Å²) >= 11 is 1.10. The van der Waals surface area contributed by atoms with Crippen LogP contribution in [0.1, 0.15) is 15.2 Å². The number of aliphatic hydroxyl groups is 1. The minimum absolute atomic E-state index is 0.109. The van der Waals surface area contributed by atoms with Crippen molar-refractivity contribution in [1.82, 2.24) is 4.98 Å². The Balaban J connectivity index is 2.02. The van der Waals surface area contributed by atoms with Crippen molar-refractivity contribution in [3.05, 3.63) is 40.8 Å². The van der Waals surface area contributed by atoms with E-state index in [1.807, 2.05) is 12.1 Å². The Hall–Kier alpha value is -3.61. The van der Waals surface area contributed by atoms with Crippen molar-refractivity contribution in [2.45, 2.75) is 0 Å². The Morgan fingerprint density at radius 1 is 1.39 bits per heavy atom. The molecule has 0 fully saturated rings. The standard InChI is InChI=1S/C19H15N5O3S/c20-8-10-6-11-14(15-12(21)7-9-2-1-3-13(9)27-15)16(17(22)26)28-19(11)24-18(10)23-4-5-25/h1-3,6-7,25H,4-5,21H2,(H2,22,26)(H,23,24). The number of nitriles is 1. The van der Waals surface area contributed by atoms with Crippen LogP contribution >= 0.6 is 11.3 Å². The molecule has 0 unspecified atom stereocenters. The van der Waals surface area contributed by atoms with E-state index in [2.05, 4.69) is 16.4 Å². The zero-order valence-electron chi connectivity index (χ0n) is 14.5. The third kappa shape index (κ3) is 2.81. The van der Waals surface area contributed by atoms with Gasteiger partial charge in [-0.3, -0.25) is 4.79 Å². The van der Waals surface area contributed by atoms with Crippen molar-refractivity contribution in [2.75, 3.05) is 24.2 Å². The van der Waals surface area contributed by atoms with E-state index in [1.54, 1.807) is 18.2 Å². The van der Waals surface area contributed by atoms with Crippen molar-refractivity contribution in [3.63, 3.8) is 0 Å². The quantitative estimate of drug-likeness (QED) is 0.407. The van der Waals surface area contributed by atoms with Gasteiger partial charge in [-0.15, -0.1) is 11.3 Å². The molecule has 0 aromatic carbocycles. The zero-order valence-corrected chi connectivity index (χ0v) is 15.3. The number of fused-ring (bicyclic) bond motifs is 2. The fourth-order valence-corrected chi connectivity index (χ4v) is 4.05. The normalized spacial score (nSPS) is 11.0. The van der Waals surface area contributed by atoms with E-state index in [0.29, 0.717) is 38.8 Å². The molecule has 3 heterocycles. The van der Waals surface area contributed by atoms with Crippen LogP contribution in [0.5, 0.6) is 0 Å². The Bertz CT molecular complexity index is 1220. The molecule has 1 amide bonds. The van der Waals surface area contributed by atoms with Crippen LogP contribution in [0.3, 0.4) is 0 Å². The third-order valence-electron chi connectivity index (χ3n) is 4.25. The Morgan fingerprint density at radius 2 is 2.21 bits per heavy atom. The number of carbonyl (C=O) groups is 1. The smallest absolute Gasteiger partial charge is 0.259 e. The number of aliphatic hydroxyl groups excluding tert-OH is 1. The van der Waals surface area contributed by atoms with Gasteiger partial charge in [0.05, 0.1) is 23.4 Å². The average Bonchev–Trinajstić information content (AvgIpc) is 3.28. The maximum Gasteiger partial charge on any atom is 0.259 e. The van der Waals surface area contributed by atoms with Gasteiger partial charge >= 0.3 is 0 Å². The first-order chi connectivity index (χ1) is 13.5. The van der Waals surface area contributed by atoms with Crippen LogP contribution in [-0.2, 0) is 0 Å². The molecule has 0 saturated carbocycles. The lowest BCUT2D eigenvalue weighted by atomic mass is 10.0. The van der Waals surface area contributed by atoms with E-state index in [0.717, 1.165) is 16.9 Å². The molecule has 0 radical (unpaired) electrons. The summed E-state index contributed by atoms with van der Waals surface area (Å²) in [5.41, 5.74) is 13.7. The molecule has 0 atom stereocenters. The number of nitrogen functional groups attached to an aromatic ring is 1. The van der Waals surface area contributed by atoms with Crippen LogP contribution < -0.4 is 16.8 Å². The molecule has 4 rings (SSSR count). The topological polar surface area (TPSA) is 151 Å². The SMILES string of the molecule is N#Cc1cc2c(-c3oc4cccc-4cc3N)c(C(N)=O)sc2nc1NCCO. The van der Waals surface area contributed by atoms with E-state index >= 15 is 0 Å². The zero-order chi connectivity index (χ0) is 19.8. The largest absolute Gasteiger partial charge is 0.454 e. The lowest BCUT2D eigenvalue weighted by Gasteiger charge is -2.10. The van der Waals surface area contributed by atoms with Gasteiger partial charge in [-0.05, 0) is 18.2 Å². The number of pyridine rings is 1. The molecule has 1 aliphatic carbocycles. The highest BCUT2D eigenvalue weighted by atomic mass is 32.1. The number of carbonyl (C=O) groups excluding carboxylic acids is 1. The number of nitrogens with one attached hydrogen (secondary N) is 1. The first-order valence-corrected chi connectivity index (χ1v) is 9.15. The molecule has 0 spiro atoms. The van der Waals surface area contributed by atoms with Gasteiger partial charge in [0.15, 0.2) is 5.76 Å². The molecule has 6 N–H and O–H groups in total. The number of rotatable bonds is 5. The van der Waals surface area contributed by atoms with Crippen molar-refractivity contribution in [1.29, 1.82) is 5.26 Å². The number of hydrogen-bond acceptors (Lipinski definition) is 8. The lowest BCUT2D eigenvalue weighted by Crippen LogP contribution is -2.10. The van der Waals surface area contributed by atoms with Crippen LogP contribution in [0.2, 0.25) is 0 Å². The molecule has 140 valence electrons. The van der Waals surface area contributed by atoms with Crippen LogP contribution in [0.15, 0.2) is 34.7 Å². The van der Waals surface area contributed by atoms with Gasteiger partial charge in [0.1, 0.15) is 27.4 Å². The van der Waals surface area contributed by atoms with Gasteiger partial charge in [0.25, 0.3) is 5.91 Å². The van der Waals surface area contributed by atoms with E-state index in [9.17, 15) is 10.1 Å². The molecular weight excluding hydrogens is 378 g/mol. The first-order valence-electron chi connectivity index (χ1n) is 8.34. The fourth-order valence-electron chi connectivity index (χ4n) is 3.04. The number of primary amides is 1. The molecule has 2 aromatic heterocycles. The van der Waals surface area contributed by atoms with Gasteiger partial charge < -0.3 is 26.3 Å². The van der Waals surface area contributed by atoms with Crippen LogP contribution in [0, 0.1) is 11.3 Å². The minimum Gasteiger partial charge on any atom is -0.454 e. The van der Waals surface area contributed by atoms with Crippen LogP contribution in [0.4, 0.5) is 11.5 Å². The minimum atomic E-state index is -0.640. The lowest BCUT2D eigenvalue weighted by molar-refractivity contribution is 0.100. The van der Waals surface area contributed by atoms with Crippen molar-refractivity contribution < 1.29 is 14.3 Å². The highest BCUT2D eigenvalue weighted by Crippen LogP contribution is 2.43. The number of thiophene rings is 1. The van der Waals surface area contributed by atoms with E-state index < -0.39 is 5.91 Å². The summed E-state index contributed by atoms with van der Waals surface area (Å²) in [4.78, 5) is 17.3. The summed E-state index contributed by atoms with van der Waals surface area (Å²) in [5.74, 6) is 0.608.